The van der Waals surface area contributed by atoms with E-state index < -0.39 is 17.2 Å². The lowest BCUT2D eigenvalue weighted by Crippen LogP contribution is -2.52. The Labute approximate surface area is 417 Å². The lowest BCUT2D eigenvalue weighted by molar-refractivity contribution is -0.941. The molecule has 0 saturated heterocycles. The van der Waals surface area contributed by atoms with Crippen LogP contribution in [0.3, 0.4) is 0 Å². The average molecular weight is 990 g/mol. The molecule has 0 fully saturated rings. The molecule has 4 aromatic rings. The number of benzene rings is 4. The second kappa shape index (κ2) is 25.4. The first-order valence-electron chi connectivity index (χ1n) is 24.2. The summed E-state index contributed by atoms with van der Waals surface area (Å²) in [6, 6.07) is 20.2. The fourth-order valence-electron chi connectivity index (χ4n) is 10.4. The number of fused-ring (bicyclic) bond motifs is 2. The molecule has 0 aliphatic carbocycles. The number of thioether (sulfide) groups is 1. The quantitative estimate of drug-likeness (QED) is 0.0336. The number of carbonyl (C=O) groups is 2. The third-order valence-electron chi connectivity index (χ3n) is 14.5. The van der Waals surface area contributed by atoms with Gasteiger partial charge in [-0.2, -0.15) is 0 Å². The van der Waals surface area contributed by atoms with Crippen molar-refractivity contribution in [3.63, 3.8) is 0 Å². The highest BCUT2D eigenvalue weighted by Gasteiger charge is 2.41. The number of aliphatic hydroxyl groups is 3. The van der Waals surface area contributed by atoms with E-state index in [1.807, 2.05) is 42.5 Å². The van der Waals surface area contributed by atoms with E-state index in [1.165, 1.54) is 22.9 Å². The Hall–Kier alpha value is -5.07. The van der Waals surface area contributed by atoms with Crippen molar-refractivity contribution < 1.29 is 67.0 Å². The van der Waals surface area contributed by atoms with Gasteiger partial charge >= 0.3 is 11.9 Å². The zero-order valence-corrected chi connectivity index (χ0v) is 42.9. The van der Waals surface area contributed by atoms with Crippen molar-refractivity contribution in [2.24, 2.45) is 5.73 Å². The molecule has 5 atom stereocenters. The molecule has 6 rings (SSSR count). The van der Waals surface area contributed by atoms with Gasteiger partial charge in [-0.25, -0.2) is 0 Å². The van der Waals surface area contributed by atoms with E-state index >= 15 is 0 Å². The average Bonchev–Trinajstić information content (AvgIpc) is 3.38. The lowest BCUT2D eigenvalue weighted by Gasteiger charge is -2.46. The summed E-state index contributed by atoms with van der Waals surface area (Å²) in [5, 5.41) is 29.4. The molecule has 1 unspecified atom stereocenters. The van der Waals surface area contributed by atoms with Gasteiger partial charge in [-0.1, -0.05) is 24.3 Å². The van der Waals surface area contributed by atoms with E-state index in [9.17, 15) is 24.9 Å². The number of nitrogens with zero attached hydrogens (tertiary/aromatic N) is 2. The van der Waals surface area contributed by atoms with Crippen LogP contribution in [0.5, 0.6) is 28.7 Å². The Morgan fingerprint density at radius 1 is 0.629 bits per heavy atom. The number of ether oxygens (including phenoxy) is 7. The number of aliphatic hydroxyl groups excluding tert-OH is 3. The van der Waals surface area contributed by atoms with Gasteiger partial charge in [0.1, 0.15) is 23.1 Å². The second-order valence-corrected chi connectivity index (χ2v) is 20.1. The van der Waals surface area contributed by atoms with Crippen molar-refractivity contribution in [3.05, 3.63) is 111 Å². The number of hydrogen-bond donors (Lipinski definition) is 4. The highest BCUT2D eigenvalue weighted by atomic mass is 32.2. The maximum absolute atomic E-state index is 13.7. The van der Waals surface area contributed by atoms with E-state index in [0.29, 0.717) is 86.9 Å². The molecule has 0 radical (unpaired) electrons. The number of esters is 2. The van der Waals surface area contributed by atoms with E-state index in [4.69, 9.17) is 38.9 Å². The summed E-state index contributed by atoms with van der Waals surface area (Å²) >= 11 is 1.31. The largest absolute Gasteiger partial charge is 0.496 e. The molecule has 2 aliphatic rings. The third-order valence-corrected chi connectivity index (χ3v) is 15.7. The van der Waals surface area contributed by atoms with Crippen LogP contribution in [-0.2, 0) is 64.6 Å². The van der Waals surface area contributed by atoms with Gasteiger partial charge < -0.3 is 63.2 Å². The highest BCUT2D eigenvalue weighted by Crippen LogP contribution is 2.44. The van der Waals surface area contributed by atoms with Crippen LogP contribution in [0.4, 0.5) is 0 Å². The van der Waals surface area contributed by atoms with Crippen LogP contribution >= 0.6 is 11.8 Å². The Kier molecular flexibility index (Phi) is 19.7. The lowest BCUT2D eigenvalue weighted by atomic mass is 9.84. The van der Waals surface area contributed by atoms with Crippen LogP contribution in [0, 0.1) is 0 Å². The van der Waals surface area contributed by atoms with Crippen molar-refractivity contribution in [1.29, 1.82) is 0 Å². The van der Waals surface area contributed by atoms with Crippen LogP contribution < -0.4 is 29.4 Å². The fraction of sp³-hybridized carbons (Fsp3) is 0.519. The topological polar surface area (TPSA) is 185 Å². The summed E-state index contributed by atoms with van der Waals surface area (Å²) in [5.74, 6) is 2.89. The van der Waals surface area contributed by atoms with Gasteiger partial charge in [-0.05, 0) is 69.8 Å². The molecule has 16 heteroatoms. The van der Waals surface area contributed by atoms with Gasteiger partial charge in [0.05, 0.1) is 115 Å². The molecule has 4 aromatic carbocycles. The van der Waals surface area contributed by atoms with Crippen LogP contribution in [0.25, 0.3) is 0 Å². The van der Waals surface area contributed by atoms with Crippen molar-refractivity contribution in [3.8, 4) is 28.7 Å². The van der Waals surface area contributed by atoms with Crippen molar-refractivity contribution >= 4 is 23.7 Å². The molecular weight excluding hydrogens is 915 g/mol. The molecule has 2 aliphatic heterocycles. The maximum Gasteiger partial charge on any atom is 0.319 e. The summed E-state index contributed by atoms with van der Waals surface area (Å²) in [7, 11) is 12.6. The number of nitrogens with two attached hydrogens (primary N) is 1. The summed E-state index contributed by atoms with van der Waals surface area (Å²) < 4.78 is 41.3. The van der Waals surface area contributed by atoms with Crippen LogP contribution in [0.1, 0.15) is 81.4 Å². The van der Waals surface area contributed by atoms with Gasteiger partial charge in [0, 0.05) is 67.5 Å². The monoisotopic (exact) mass is 990 g/mol. The fourth-order valence-corrected chi connectivity index (χ4v) is 11.3. The predicted octanol–water partition coefficient (Wildman–Crippen LogP) is 5.80. The first kappa shape index (κ1) is 54.3. The molecule has 382 valence electrons. The minimum absolute atomic E-state index is 0.0174. The summed E-state index contributed by atoms with van der Waals surface area (Å²) in [4.78, 5) is 27.1. The number of carbonyl (C=O) groups excluding carboxylic acids is 2. The first-order chi connectivity index (χ1) is 33.8. The van der Waals surface area contributed by atoms with Gasteiger partial charge in [0.2, 0.25) is 0 Å². The minimum atomic E-state index is -0.758. The number of quaternary nitrogens is 2. The zero-order valence-electron chi connectivity index (χ0n) is 42.1. The standard InChI is InChI=1S/C54H75N3O12S/c1-56(19-14-38-28-41(34-59)42(35-60)29-43(38)45(56)24-36-10-12-40(33-58)48(26-36)64-4)18-9-22-69-54(62)52(70-23-16-55)32-53(61)68-21-8-17-57(2)20-15-39-30-50(66-6)51(67-7)31-44(39)46(57)25-37-11-13-47(63-3)49(27-37)65-5/h10-13,26-31,45-46,52,58-60H,8-9,14-25,32-35,55H2,1-7H3/q+2/t45-,46-,52?,56-,57-/m1/s1. The smallest absolute Gasteiger partial charge is 0.319 e. The van der Waals surface area contributed by atoms with Crippen molar-refractivity contribution in [1.82, 2.24) is 0 Å². The molecule has 15 nitrogen and oxygen atoms in total. The van der Waals surface area contributed by atoms with Gasteiger partial charge in [-0.3, -0.25) is 9.59 Å². The van der Waals surface area contributed by atoms with Gasteiger partial charge in [0.25, 0.3) is 0 Å². The van der Waals surface area contributed by atoms with Gasteiger partial charge in [0.15, 0.2) is 23.0 Å². The minimum Gasteiger partial charge on any atom is -0.496 e. The van der Waals surface area contributed by atoms with Crippen LogP contribution in [0.2, 0.25) is 0 Å². The maximum atomic E-state index is 13.7. The van der Waals surface area contributed by atoms with E-state index in [1.54, 1.807) is 35.5 Å². The molecule has 70 heavy (non-hydrogen) atoms. The van der Waals surface area contributed by atoms with E-state index in [0.717, 1.165) is 66.7 Å². The first-order valence-corrected chi connectivity index (χ1v) is 25.3. The van der Waals surface area contributed by atoms with Crippen LogP contribution in [-0.4, -0.2) is 143 Å². The predicted molar refractivity (Wildman–Crippen MR) is 270 cm³/mol. The Balaban J connectivity index is 1.07. The van der Waals surface area contributed by atoms with Gasteiger partial charge in [-0.15, -0.1) is 11.8 Å². The molecular formula is C54H75N3O12S+2. The molecule has 2 heterocycles. The molecule has 0 spiro atoms. The molecule has 0 amide bonds. The summed E-state index contributed by atoms with van der Waals surface area (Å²) in [6.45, 7) is 3.38. The van der Waals surface area contributed by atoms with Crippen molar-refractivity contribution in [2.75, 3.05) is 101 Å². The number of methoxy groups -OCH3 is 5. The van der Waals surface area contributed by atoms with Crippen LogP contribution in [0.15, 0.2) is 60.7 Å². The summed E-state index contributed by atoms with van der Waals surface area (Å²) in [6.07, 6.45) is 4.08. The molecule has 0 saturated carbocycles. The third kappa shape index (κ3) is 12.9. The SMILES string of the molecule is COc1cc(C[C@@H]2c3cc(CO)c(CO)cc3CC[N@@+]2(C)CCCOC(=O)C(CC(=O)OCCC[N@+]2(C)CCc3cc(OC)c(OC)cc3[C@H]2Cc2ccc(OC)c(OC)c2)SCCN)ccc1CO. The Morgan fingerprint density at radius 3 is 1.70 bits per heavy atom. The molecule has 5 N–H and O–H groups in total. The number of hydrogen-bond acceptors (Lipinski definition) is 14. The summed E-state index contributed by atoms with van der Waals surface area (Å²) in [5.41, 5.74) is 14.8. The highest BCUT2D eigenvalue weighted by molar-refractivity contribution is 8.00. The number of likely N-dealkylation sites (N-methyl/N-ethyl adjacent to an activating group) is 2. The zero-order chi connectivity index (χ0) is 50.4. The van der Waals surface area contributed by atoms with E-state index in [2.05, 4.69) is 32.3 Å². The van der Waals surface area contributed by atoms with Crippen molar-refractivity contribution in [2.45, 2.75) is 82.1 Å². The molecule has 0 aromatic heterocycles. The second-order valence-electron chi connectivity index (χ2n) is 18.8. The van der Waals surface area contributed by atoms with E-state index in [-0.39, 0.29) is 51.5 Å². The Morgan fingerprint density at radius 2 is 1.13 bits per heavy atom. The number of rotatable bonds is 26. The normalized spacial score (nSPS) is 19.9. The Bertz CT molecular complexity index is 2400. The molecule has 0 bridgehead atoms.